The summed E-state index contributed by atoms with van der Waals surface area (Å²) in [6, 6.07) is 5.05. The molecule has 0 aliphatic heterocycles. The van der Waals surface area contributed by atoms with Crippen LogP contribution >= 0.6 is 23.2 Å². The first-order valence-corrected chi connectivity index (χ1v) is 6.00. The Balaban J connectivity index is 2.30. The molecule has 4 nitrogen and oxygen atoms in total. The highest BCUT2D eigenvalue weighted by Crippen LogP contribution is 2.29. The standard InChI is InChI=1S/C12H11Cl2N3O/c1-7-6-16-12(15-2)17-11(7)18-8-3-4-9(13)10(14)5-8/h3-6H,1-2H3,(H,15,16,17). The maximum absolute atomic E-state index is 5.92. The van der Waals surface area contributed by atoms with Crippen LogP contribution in [0.25, 0.3) is 0 Å². The van der Waals surface area contributed by atoms with Crippen molar-refractivity contribution in [1.82, 2.24) is 9.97 Å². The summed E-state index contributed by atoms with van der Waals surface area (Å²) in [5.74, 6) is 1.55. The summed E-state index contributed by atoms with van der Waals surface area (Å²) < 4.78 is 5.65. The van der Waals surface area contributed by atoms with Crippen LogP contribution in [0.1, 0.15) is 5.56 Å². The molecular weight excluding hydrogens is 273 g/mol. The van der Waals surface area contributed by atoms with Gasteiger partial charge in [0.15, 0.2) is 0 Å². The van der Waals surface area contributed by atoms with E-state index in [1.165, 1.54) is 0 Å². The third-order valence-electron chi connectivity index (χ3n) is 2.25. The van der Waals surface area contributed by atoms with Crippen LogP contribution in [0.3, 0.4) is 0 Å². The highest BCUT2D eigenvalue weighted by atomic mass is 35.5. The van der Waals surface area contributed by atoms with Gasteiger partial charge in [0.1, 0.15) is 5.75 Å². The molecule has 0 aliphatic carbocycles. The lowest BCUT2D eigenvalue weighted by Crippen LogP contribution is -1.99. The Hall–Kier alpha value is -1.52. The van der Waals surface area contributed by atoms with Crippen molar-refractivity contribution in [3.63, 3.8) is 0 Å². The molecule has 0 amide bonds. The third kappa shape index (κ3) is 2.83. The SMILES string of the molecule is CNc1ncc(C)c(Oc2ccc(Cl)c(Cl)c2)n1. The number of nitrogens with zero attached hydrogens (tertiary/aromatic N) is 2. The van der Waals surface area contributed by atoms with E-state index in [1.54, 1.807) is 31.4 Å². The molecule has 0 saturated heterocycles. The number of anilines is 1. The fourth-order valence-electron chi connectivity index (χ4n) is 1.30. The molecule has 94 valence electrons. The lowest BCUT2D eigenvalue weighted by Gasteiger charge is -2.09. The molecule has 0 radical (unpaired) electrons. The van der Waals surface area contributed by atoms with Gasteiger partial charge >= 0.3 is 0 Å². The average Bonchev–Trinajstić information content (AvgIpc) is 2.36. The van der Waals surface area contributed by atoms with Gasteiger partial charge in [0.25, 0.3) is 0 Å². The van der Waals surface area contributed by atoms with E-state index in [0.29, 0.717) is 27.6 Å². The molecule has 1 aromatic heterocycles. The number of rotatable bonds is 3. The molecule has 2 aromatic rings. The summed E-state index contributed by atoms with van der Waals surface area (Å²) >= 11 is 11.8. The maximum Gasteiger partial charge on any atom is 0.226 e. The van der Waals surface area contributed by atoms with Gasteiger partial charge in [-0.05, 0) is 19.1 Å². The topological polar surface area (TPSA) is 47.0 Å². The molecule has 0 fully saturated rings. The van der Waals surface area contributed by atoms with Crippen molar-refractivity contribution in [1.29, 1.82) is 0 Å². The van der Waals surface area contributed by atoms with Gasteiger partial charge < -0.3 is 10.1 Å². The number of halogens is 2. The number of benzene rings is 1. The van der Waals surface area contributed by atoms with Crippen LogP contribution in [0.2, 0.25) is 10.0 Å². The minimum Gasteiger partial charge on any atom is -0.439 e. The van der Waals surface area contributed by atoms with Crippen LogP contribution in [0, 0.1) is 6.92 Å². The minimum absolute atomic E-state index is 0.440. The largest absolute Gasteiger partial charge is 0.439 e. The molecule has 1 aromatic carbocycles. The quantitative estimate of drug-likeness (QED) is 0.927. The fraction of sp³-hybridized carbons (Fsp3) is 0.167. The molecule has 1 heterocycles. The fourth-order valence-corrected chi connectivity index (χ4v) is 1.59. The predicted octanol–water partition coefficient (Wildman–Crippen LogP) is 3.93. The number of ether oxygens (including phenoxy) is 1. The zero-order valence-electron chi connectivity index (χ0n) is 9.87. The average molecular weight is 284 g/mol. The van der Waals surface area contributed by atoms with Gasteiger partial charge in [-0.2, -0.15) is 4.98 Å². The number of aryl methyl sites for hydroxylation is 1. The van der Waals surface area contributed by atoms with E-state index in [9.17, 15) is 0 Å². The van der Waals surface area contributed by atoms with Crippen LogP contribution in [0.15, 0.2) is 24.4 Å². The first kappa shape index (κ1) is 12.9. The van der Waals surface area contributed by atoms with Crippen LogP contribution in [0.5, 0.6) is 11.6 Å². The smallest absolute Gasteiger partial charge is 0.226 e. The molecule has 6 heteroatoms. The monoisotopic (exact) mass is 283 g/mol. The second-order valence-electron chi connectivity index (χ2n) is 3.61. The first-order valence-electron chi connectivity index (χ1n) is 5.24. The van der Waals surface area contributed by atoms with E-state index < -0.39 is 0 Å². The van der Waals surface area contributed by atoms with Crippen LogP contribution in [0.4, 0.5) is 5.95 Å². The van der Waals surface area contributed by atoms with Crippen LogP contribution < -0.4 is 10.1 Å². The van der Waals surface area contributed by atoms with Crippen molar-refractivity contribution in [2.45, 2.75) is 6.92 Å². The number of aromatic nitrogens is 2. The zero-order chi connectivity index (χ0) is 13.1. The summed E-state index contributed by atoms with van der Waals surface area (Å²) in [5.41, 5.74) is 0.833. The summed E-state index contributed by atoms with van der Waals surface area (Å²) in [6.07, 6.45) is 1.69. The van der Waals surface area contributed by atoms with Gasteiger partial charge in [0, 0.05) is 24.9 Å². The molecule has 0 atom stereocenters. The Bertz CT molecular complexity index is 575. The van der Waals surface area contributed by atoms with Crippen molar-refractivity contribution in [2.24, 2.45) is 0 Å². The second kappa shape index (κ2) is 5.42. The van der Waals surface area contributed by atoms with Crippen LogP contribution in [-0.2, 0) is 0 Å². The highest BCUT2D eigenvalue weighted by molar-refractivity contribution is 6.42. The van der Waals surface area contributed by atoms with E-state index >= 15 is 0 Å². The third-order valence-corrected chi connectivity index (χ3v) is 2.99. The Kier molecular flexibility index (Phi) is 3.89. The Morgan fingerprint density at radius 1 is 1.22 bits per heavy atom. The second-order valence-corrected chi connectivity index (χ2v) is 4.42. The molecule has 18 heavy (non-hydrogen) atoms. The van der Waals surface area contributed by atoms with Crippen molar-refractivity contribution in [3.05, 3.63) is 40.0 Å². The molecule has 2 rings (SSSR count). The number of hydrogen-bond acceptors (Lipinski definition) is 4. The first-order chi connectivity index (χ1) is 8.60. The molecular formula is C12H11Cl2N3O. The lowest BCUT2D eigenvalue weighted by atomic mass is 10.3. The van der Waals surface area contributed by atoms with E-state index in [2.05, 4.69) is 15.3 Å². The Morgan fingerprint density at radius 3 is 2.67 bits per heavy atom. The van der Waals surface area contributed by atoms with Gasteiger partial charge in [-0.15, -0.1) is 0 Å². The van der Waals surface area contributed by atoms with Crippen molar-refractivity contribution < 1.29 is 4.74 Å². The highest BCUT2D eigenvalue weighted by Gasteiger charge is 2.07. The Labute approximate surface area is 115 Å². The Morgan fingerprint density at radius 2 is 2.00 bits per heavy atom. The maximum atomic E-state index is 5.92. The predicted molar refractivity (Wildman–Crippen MR) is 72.9 cm³/mol. The van der Waals surface area contributed by atoms with Crippen molar-refractivity contribution >= 4 is 29.2 Å². The van der Waals surface area contributed by atoms with Gasteiger partial charge in [0.05, 0.1) is 10.0 Å². The molecule has 0 unspecified atom stereocenters. The van der Waals surface area contributed by atoms with E-state index in [-0.39, 0.29) is 0 Å². The molecule has 0 aliphatic rings. The molecule has 0 spiro atoms. The van der Waals surface area contributed by atoms with Gasteiger partial charge in [-0.3, -0.25) is 0 Å². The summed E-state index contributed by atoms with van der Waals surface area (Å²) in [5, 5.41) is 3.78. The minimum atomic E-state index is 0.440. The van der Waals surface area contributed by atoms with Crippen molar-refractivity contribution in [2.75, 3.05) is 12.4 Å². The normalized spacial score (nSPS) is 10.2. The summed E-state index contributed by atoms with van der Waals surface area (Å²) in [4.78, 5) is 8.30. The van der Waals surface area contributed by atoms with E-state index in [4.69, 9.17) is 27.9 Å². The van der Waals surface area contributed by atoms with Crippen molar-refractivity contribution in [3.8, 4) is 11.6 Å². The van der Waals surface area contributed by atoms with E-state index in [1.807, 2.05) is 6.92 Å². The van der Waals surface area contributed by atoms with Gasteiger partial charge in [-0.25, -0.2) is 4.98 Å². The summed E-state index contributed by atoms with van der Waals surface area (Å²) in [6.45, 7) is 1.87. The van der Waals surface area contributed by atoms with Crippen LogP contribution in [-0.4, -0.2) is 17.0 Å². The van der Waals surface area contributed by atoms with Gasteiger partial charge in [0.2, 0.25) is 11.8 Å². The summed E-state index contributed by atoms with van der Waals surface area (Å²) in [7, 11) is 1.74. The molecule has 1 N–H and O–H groups in total. The zero-order valence-corrected chi connectivity index (χ0v) is 11.4. The van der Waals surface area contributed by atoms with E-state index in [0.717, 1.165) is 5.56 Å². The number of nitrogens with one attached hydrogen (secondary N) is 1. The lowest BCUT2D eigenvalue weighted by molar-refractivity contribution is 0.458. The molecule has 0 bridgehead atoms. The molecule has 0 saturated carbocycles. The number of hydrogen-bond donors (Lipinski definition) is 1. The van der Waals surface area contributed by atoms with Gasteiger partial charge in [-0.1, -0.05) is 23.2 Å².